The maximum atomic E-state index is 11.3. The summed E-state index contributed by atoms with van der Waals surface area (Å²) in [6.45, 7) is 4.26. The Bertz CT molecular complexity index is 330. The molecule has 114 valence electrons. The summed E-state index contributed by atoms with van der Waals surface area (Å²) in [6, 6.07) is -0.0913. The number of rotatable bonds is 5. The van der Waals surface area contributed by atoms with Crippen LogP contribution >= 0.6 is 0 Å². The van der Waals surface area contributed by atoms with Crippen LogP contribution in [-0.4, -0.2) is 56.4 Å². The summed E-state index contributed by atoms with van der Waals surface area (Å²) in [6.07, 6.45) is 7.01. The summed E-state index contributed by atoms with van der Waals surface area (Å²) in [5.74, 6) is 0.0173. The van der Waals surface area contributed by atoms with Gasteiger partial charge in [-0.15, -0.1) is 0 Å². The predicted octanol–water partition coefficient (Wildman–Crippen LogP) is 0.546. The van der Waals surface area contributed by atoms with E-state index in [1.807, 2.05) is 0 Å². The van der Waals surface area contributed by atoms with E-state index in [-0.39, 0.29) is 11.9 Å². The summed E-state index contributed by atoms with van der Waals surface area (Å²) in [7, 11) is 1.64. The van der Waals surface area contributed by atoms with Crippen LogP contribution in [0.2, 0.25) is 0 Å². The van der Waals surface area contributed by atoms with Crippen molar-refractivity contribution in [1.82, 2.24) is 15.5 Å². The van der Waals surface area contributed by atoms with E-state index in [4.69, 9.17) is 0 Å². The monoisotopic (exact) mass is 281 g/mol. The lowest BCUT2D eigenvalue weighted by Gasteiger charge is -2.45. The highest BCUT2D eigenvalue weighted by Gasteiger charge is 2.37. The van der Waals surface area contributed by atoms with Crippen molar-refractivity contribution < 1.29 is 9.59 Å². The standard InChI is InChI=1S/C15H27N3O2/c1-16-14(20)3-2-13(12-19)18-10-6-15(7-11-18)4-8-17-9-5-15/h12-13,17H,2-11H2,1H3,(H,16,20). The number of carbonyl (C=O) groups is 2. The van der Waals surface area contributed by atoms with Crippen LogP contribution in [0.25, 0.3) is 0 Å². The van der Waals surface area contributed by atoms with Gasteiger partial charge in [0.25, 0.3) is 0 Å². The summed E-state index contributed by atoms with van der Waals surface area (Å²) in [4.78, 5) is 24.9. The minimum Gasteiger partial charge on any atom is -0.359 e. The molecule has 0 aromatic heterocycles. The number of amides is 1. The third-order valence-electron chi connectivity index (χ3n) is 5.10. The van der Waals surface area contributed by atoms with Crippen LogP contribution in [-0.2, 0) is 9.59 Å². The van der Waals surface area contributed by atoms with Gasteiger partial charge in [-0.3, -0.25) is 9.69 Å². The third-order valence-corrected chi connectivity index (χ3v) is 5.10. The van der Waals surface area contributed by atoms with Crippen LogP contribution in [0.1, 0.15) is 38.5 Å². The van der Waals surface area contributed by atoms with Gasteiger partial charge in [-0.05, 0) is 63.7 Å². The van der Waals surface area contributed by atoms with Crippen molar-refractivity contribution in [2.45, 2.75) is 44.6 Å². The average molecular weight is 281 g/mol. The molecule has 2 saturated heterocycles. The fourth-order valence-electron chi connectivity index (χ4n) is 3.53. The van der Waals surface area contributed by atoms with E-state index in [0.29, 0.717) is 18.3 Å². The van der Waals surface area contributed by atoms with Crippen LogP contribution in [0.15, 0.2) is 0 Å². The number of nitrogens with one attached hydrogen (secondary N) is 2. The Labute approximate surface area is 121 Å². The first-order chi connectivity index (χ1) is 9.69. The average Bonchev–Trinajstić information content (AvgIpc) is 2.50. The van der Waals surface area contributed by atoms with Gasteiger partial charge in [0.1, 0.15) is 6.29 Å². The molecule has 1 atom stereocenters. The number of piperidine rings is 2. The van der Waals surface area contributed by atoms with E-state index in [2.05, 4.69) is 15.5 Å². The molecule has 0 aromatic carbocycles. The Morgan fingerprint density at radius 2 is 1.95 bits per heavy atom. The van der Waals surface area contributed by atoms with Crippen LogP contribution in [0.4, 0.5) is 0 Å². The van der Waals surface area contributed by atoms with E-state index in [9.17, 15) is 9.59 Å². The van der Waals surface area contributed by atoms with E-state index in [1.165, 1.54) is 25.7 Å². The van der Waals surface area contributed by atoms with E-state index < -0.39 is 0 Å². The molecule has 20 heavy (non-hydrogen) atoms. The molecule has 5 heteroatoms. The highest BCUT2D eigenvalue weighted by molar-refractivity contribution is 5.76. The van der Waals surface area contributed by atoms with Crippen molar-refractivity contribution in [2.24, 2.45) is 5.41 Å². The third kappa shape index (κ3) is 3.79. The highest BCUT2D eigenvalue weighted by atomic mass is 16.1. The normalized spacial score (nSPS) is 24.2. The first-order valence-corrected chi connectivity index (χ1v) is 7.80. The van der Waals surface area contributed by atoms with Gasteiger partial charge in [-0.25, -0.2) is 0 Å². The van der Waals surface area contributed by atoms with Crippen LogP contribution in [0.3, 0.4) is 0 Å². The number of nitrogens with zero attached hydrogens (tertiary/aromatic N) is 1. The molecule has 0 radical (unpaired) electrons. The summed E-state index contributed by atoms with van der Waals surface area (Å²) >= 11 is 0. The number of hydrogen-bond acceptors (Lipinski definition) is 4. The van der Waals surface area contributed by atoms with Crippen molar-refractivity contribution in [3.8, 4) is 0 Å². The molecular weight excluding hydrogens is 254 g/mol. The smallest absolute Gasteiger partial charge is 0.219 e. The van der Waals surface area contributed by atoms with Gasteiger partial charge >= 0.3 is 0 Å². The first kappa shape index (κ1) is 15.4. The predicted molar refractivity (Wildman–Crippen MR) is 78.5 cm³/mol. The molecule has 2 N–H and O–H groups in total. The zero-order valence-electron chi connectivity index (χ0n) is 12.5. The lowest BCUT2D eigenvalue weighted by atomic mass is 9.71. The molecule has 0 saturated carbocycles. The Balaban J connectivity index is 1.81. The quantitative estimate of drug-likeness (QED) is 0.722. The largest absolute Gasteiger partial charge is 0.359 e. The van der Waals surface area contributed by atoms with Crippen molar-refractivity contribution in [1.29, 1.82) is 0 Å². The molecule has 2 heterocycles. The SMILES string of the molecule is CNC(=O)CCC(C=O)N1CCC2(CCNCC2)CC1. The van der Waals surface area contributed by atoms with Gasteiger partial charge in [0.15, 0.2) is 0 Å². The number of carbonyl (C=O) groups excluding carboxylic acids is 2. The van der Waals surface area contributed by atoms with Gasteiger partial charge in [-0.1, -0.05) is 0 Å². The molecule has 2 fully saturated rings. The molecule has 5 nitrogen and oxygen atoms in total. The zero-order chi connectivity index (χ0) is 14.4. The van der Waals surface area contributed by atoms with Gasteiger partial charge < -0.3 is 15.4 Å². The number of likely N-dealkylation sites (tertiary alicyclic amines) is 1. The molecule has 0 aromatic rings. The lowest BCUT2D eigenvalue weighted by molar-refractivity contribution is -0.121. The minimum atomic E-state index is -0.0913. The van der Waals surface area contributed by atoms with Crippen LogP contribution < -0.4 is 10.6 Å². The van der Waals surface area contributed by atoms with Gasteiger partial charge in [0.05, 0.1) is 6.04 Å². The van der Waals surface area contributed by atoms with Crippen LogP contribution in [0.5, 0.6) is 0 Å². The maximum absolute atomic E-state index is 11.3. The second-order valence-electron chi connectivity index (χ2n) is 6.20. The molecule has 2 rings (SSSR count). The molecule has 2 aliphatic heterocycles. The van der Waals surface area contributed by atoms with E-state index >= 15 is 0 Å². The summed E-state index contributed by atoms with van der Waals surface area (Å²) < 4.78 is 0. The Morgan fingerprint density at radius 3 is 2.50 bits per heavy atom. The Morgan fingerprint density at radius 1 is 1.30 bits per heavy atom. The van der Waals surface area contributed by atoms with E-state index in [1.54, 1.807) is 7.05 Å². The summed E-state index contributed by atoms with van der Waals surface area (Å²) in [5, 5.41) is 6.04. The number of hydrogen-bond donors (Lipinski definition) is 2. The Kier molecular flexibility index (Phi) is 5.54. The van der Waals surface area contributed by atoms with Crippen molar-refractivity contribution in [2.75, 3.05) is 33.2 Å². The molecular formula is C15H27N3O2. The fourth-order valence-corrected chi connectivity index (χ4v) is 3.53. The van der Waals surface area contributed by atoms with Gasteiger partial charge in [0.2, 0.25) is 5.91 Å². The maximum Gasteiger partial charge on any atom is 0.219 e. The van der Waals surface area contributed by atoms with Crippen LogP contribution in [0, 0.1) is 5.41 Å². The van der Waals surface area contributed by atoms with Gasteiger partial charge in [-0.2, -0.15) is 0 Å². The zero-order valence-corrected chi connectivity index (χ0v) is 12.5. The second-order valence-corrected chi connectivity index (χ2v) is 6.20. The van der Waals surface area contributed by atoms with E-state index in [0.717, 1.165) is 32.5 Å². The molecule has 0 bridgehead atoms. The highest BCUT2D eigenvalue weighted by Crippen LogP contribution is 2.39. The second kappa shape index (κ2) is 7.18. The lowest BCUT2D eigenvalue weighted by Crippen LogP contribution is -2.49. The first-order valence-electron chi connectivity index (χ1n) is 7.80. The van der Waals surface area contributed by atoms with Gasteiger partial charge in [0, 0.05) is 13.5 Å². The molecule has 1 unspecified atom stereocenters. The van der Waals surface area contributed by atoms with Crippen molar-refractivity contribution in [3.63, 3.8) is 0 Å². The van der Waals surface area contributed by atoms with Crippen molar-refractivity contribution in [3.05, 3.63) is 0 Å². The Hall–Kier alpha value is -0.940. The molecule has 1 spiro atoms. The molecule has 1 amide bonds. The number of aldehydes is 1. The topological polar surface area (TPSA) is 61.4 Å². The molecule has 0 aliphatic carbocycles. The fraction of sp³-hybridized carbons (Fsp3) is 0.867. The summed E-state index contributed by atoms with van der Waals surface area (Å²) in [5.41, 5.74) is 0.510. The minimum absolute atomic E-state index is 0.0173. The molecule has 2 aliphatic rings. The van der Waals surface area contributed by atoms with Crippen molar-refractivity contribution >= 4 is 12.2 Å².